The van der Waals surface area contributed by atoms with E-state index in [0.717, 1.165) is 16.3 Å². The van der Waals surface area contributed by atoms with Gasteiger partial charge in [0.15, 0.2) is 0 Å². The van der Waals surface area contributed by atoms with Gasteiger partial charge in [0.25, 0.3) is 0 Å². The minimum absolute atomic E-state index is 0.0178. The Hall–Kier alpha value is -1.08. The highest BCUT2D eigenvalue weighted by molar-refractivity contribution is 7.10. The van der Waals surface area contributed by atoms with Crippen LogP contribution < -0.4 is 10.1 Å². The molecule has 1 atom stereocenters. The van der Waals surface area contributed by atoms with E-state index in [4.69, 9.17) is 21.1 Å². The lowest BCUT2D eigenvalue weighted by atomic mass is 10.1. The lowest BCUT2D eigenvalue weighted by Crippen LogP contribution is -2.22. The monoisotopic (exact) mass is 315 g/mol. The van der Waals surface area contributed by atoms with Crippen molar-refractivity contribution in [1.29, 1.82) is 0 Å². The van der Waals surface area contributed by atoms with Gasteiger partial charge in [-0.25, -0.2) is 0 Å². The van der Waals surface area contributed by atoms with Crippen molar-refractivity contribution in [2.45, 2.75) is 12.6 Å². The average molecular weight is 316 g/mol. The van der Waals surface area contributed by atoms with E-state index in [1.165, 1.54) is 0 Å². The van der Waals surface area contributed by atoms with Crippen LogP contribution in [0.1, 0.15) is 16.6 Å². The molecule has 0 aliphatic rings. The molecule has 0 saturated carbocycles. The summed E-state index contributed by atoms with van der Waals surface area (Å²) < 4.78 is 12.2. The van der Waals surface area contributed by atoms with Crippen molar-refractivity contribution in [3.8, 4) is 5.75 Å². The van der Waals surface area contributed by atoms with Crippen LogP contribution in [0.25, 0.3) is 0 Å². The molecule has 0 aliphatic heterocycles. The van der Waals surface area contributed by atoms with Gasteiger partial charge >= 0.3 is 0 Å². The SMILES string of the molecule is CNC(c1cc(OC)cs1)c1c(Cl)cnn1CCOC. The molecule has 20 heavy (non-hydrogen) atoms. The van der Waals surface area contributed by atoms with Gasteiger partial charge in [-0.1, -0.05) is 11.6 Å². The van der Waals surface area contributed by atoms with E-state index in [1.807, 2.05) is 23.2 Å². The number of halogens is 1. The van der Waals surface area contributed by atoms with Gasteiger partial charge in [-0.05, 0) is 13.1 Å². The van der Waals surface area contributed by atoms with Crippen molar-refractivity contribution < 1.29 is 9.47 Å². The zero-order chi connectivity index (χ0) is 14.5. The maximum atomic E-state index is 6.30. The zero-order valence-corrected chi connectivity index (χ0v) is 13.3. The smallest absolute Gasteiger partial charge is 0.129 e. The van der Waals surface area contributed by atoms with E-state index in [2.05, 4.69) is 10.4 Å². The zero-order valence-electron chi connectivity index (χ0n) is 11.7. The number of nitrogens with one attached hydrogen (secondary N) is 1. The number of hydrogen-bond donors (Lipinski definition) is 1. The summed E-state index contributed by atoms with van der Waals surface area (Å²) in [7, 11) is 5.24. The van der Waals surface area contributed by atoms with Gasteiger partial charge in [0, 0.05) is 17.4 Å². The molecule has 7 heteroatoms. The fourth-order valence-corrected chi connectivity index (χ4v) is 3.24. The van der Waals surface area contributed by atoms with Crippen molar-refractivity contribution >= 4 is 22.9 Å². The van der Waals surface area contributed by atoms with E-state index in [-0.39, 0.29) is 6.04 Å². The Bertz CT molecular complexity index is 556. The number of aromatic nitrogens is 2. The van der Waals surface area contributed by atoms with E-state index in [9.17, 15) is 0 Å². The third-order valence-electron chi connectivity index (χ3n) is 3.02. The Balaban J connectivity index is 2.33. The predicted octanol–water partition coefficient (Wildman–Crippen LogP) is 2.56. The highest BCUT2D eigenvalue weighted by atomic mass is 35.5. The lowest BCUT2D eigenvalue weighted by Gasteiger charge is -2.17. The molecule has 2 rings (SSSR count). The highest BCUT2D eigenvalue weighted by Gasteiger charge is 2.22. The van der Waals surface area contributed by atoms with Crippen LogP contribution in [0.2, 0.25) is 5.02 Å². The molecule has 0 aromatic carbocycles. The van der Waals surface area contributed by atoms with Crippen LogP contribution in [0, 0.1) is 0 Å². The largest absolute Gasteiger partial charge is 0.496 e. The summed E-state index contributed by atoms with van der Waals surface area (Å²) in [6.45, 7) is 1.26. The van der Waals surface area contributed by atoms with Crippen molar-refractivity contribution in [2.24, 2.45) is 0 Å². The van der Waals surface area contributed by atoms with Crippen LogP contribution in [0.5, 0.6) is 5.75 Å². The van der Waals surface area contributed by atoms with Crippen LogP contribution in [-0.2, 0) is 11.3 Å². The van der Waals surface area contributed by atoms with Gasteiger partial charge in [-0.3, -0.25) is 4.68 Å². The number of rotatable bonds is 7. The minimum atomic E-state index is -0.0178. The number of nitrogens with zero attached hydrogens (tertiary/aromatic N) is 2. The van der Waals surface area contributed by atoms with Crippen LogP contribution in [0.4, 0.5) is 0 Å². The highest BCUT2D eigenvalue weighted by Crippen LogP contribution is 2.33. The minimum Gasteiger partial charge on any atom is -0.496 e. The van der Waals surface area contributed by atoms with Gasteiger partial charge in [0.1, 0.15) is 5.75 Å². The van der Waals surface area contributed by atoms with Gasteiger partial charge in [-0.15, -0.1) is 11.3 Å². The molecule has 0 aliphatic carbocycles. The van der Waals surface area contributed by atoms with Gasteiger partial charge < -0.3 is 14.8 Å². The van der Waals surface area contributed by atoms with E-state index < -0.39 is 0 Å². The molecule has 5 nitrogen and oxygen atoms in total. The predicted molar refractivity (Wildman–Crippen MR) is 80.9 cm³/mol. The molecular weight excluding hydrogens is 298 g/mol. The number of methoxy groups -OCH3 is 2. The summed E-state index contributed by atoms with van der Waals surface area (Å²) in [6.07, 6.45) is 1.67. The fourth-order valence-electron chi connectivity index (χ4n) is 2.02. The third kappa shape index (κ3) is 3.15. The standard InChI is InChI=1S/C13H18ClN3O2S/c1-15-12(11-6-9(19-3)8-20-11)13-10(14)7-16-17(13)4-5-18-2/h6-8,12,15H,4-5H2,1-3H3. The van der Waals surface area contributed by atoms with E-state index >= 15 is 0 Å². The first kappa shape index (κ1) is 15.3. The van der Waals surface area contributed by atoms with Crippen LogP contribution >= 0.6 is 22.9 Å². The maximum Gasteiger partial charge on any atom is 0.129 e. The number of hydrogen-bond acceptors (Lipinski definition) is 5. The molecule has 0 amide bonds. The van der Waals surface area contributed by atoms with Gasteiger partial charge in [0.05, 0.1) is 43.2 Å². The quantitative estimate of drug-likeness (QED) is 0.853. The van der Waals surface area contributed by atoms with Gasteiger partial charge in [-0.2, -0.15) is 5.10 Å². The van der Waals surface area contributed by atoms with E-state index in [0.29, 0.717) is 18.2 Å². The normalized spacial score (nSPS) is 12.6. The summed E-state index contributed by atoms with van der Waals surface area (Å²) in [5.74, 6) is 0.851. The van der Waals surface area contributed by atoms with Crippen LogP contribution in [-0.4, -0.2) is 37.7 Å². The van der Waals surface area contributed by atoms with Crippen LogP contribution in [0.15, 0.2) is 17.6 Å². The second-order valence-corrected chi connectivity index (χ2v) is 5.55. The number of thiophene rings is 1. The topological polar surface area (TPSA) is 48.3 Å². The Morgan fingerprint density at radius 3 is 2.90 bits per heavy atom. The van der Waals surface area contributed by atoms with Crippen molar-refractivity contribution in [1.82, 2.24) is 15.1 Å². The molecule has 0 radical (unpaired) electrons. The molecule has 0 bridgehead atoms. The molecule has 1 unspecified atom stereocenters. The van der Waals surface area contributed by atoms with Crippen molar-refractivity contribution in [3.05, 3.63) is 33.2 Å². The second-order valence-electron chi connectivity index (χ2n) is 4.20. The maximum absolute atomic E-state index is 6.30. The van der Waals surface area contributed by atoms with Crippen LogP contribution in [0.3, 0.4) is 0 Å². The first-order chi connectivity index (χ1) is 9.71. The summed E-state index contributed by atoms with van der Waals surface area (Å²) in [5, 5.41) is 10.2. The Labute approximate surface area is 127 Å². The molecule has 2 aromatic heterocycles. The third-order valence-corrected chi connectivity index (χ3v) is 4.29. The van der Waals surface area contributed by atoms with Gasteiger partial charge in [0.2, 0.25) is 0 Å². The Morgan fingerprint density at radius 1 is 1.50 bits per heavy atom. The lowest BCUT2D eigenvalue weighted by molar-refractivity contribution is 0.182. The van der Waals surface area contributed by atoms with Crippen molar-refractivity contribution in [2.75, 3.05) is 27.9 Å². The molecule has 1 N–H and O–H groups in total. The average Bonchev–Trinajstić information content (AvgIpc) is 3.06. The van der Waals surface area contributed by atoms with Crippen molar-refractivity contribution in [3.63, 3.8) is 0 Å². The molecule has 0 saturated heterocycles. The summed E-state index contributed by atoms with van der Waals surface area (Å²) >= 11 is 7.92. The summed E-state index contributed by atoms with van der Waals surface area (Å²) in [4.78, 5) is 1.13. The second kappa shape index (κ2) is 7.08. The molecule has 0 fully saturated rings. The molecule has 2 aromatic rings. The Morgan fingerprint density at radius 2 is 2.30 bits per heavy atom. The molecule has 2 heterocycles. The first-order valence-corrected chi connectivity index (χ1v) is 7.46. The number of ether oxygens (including phenoxy) is 2. The van der Waals surface area contributed by atoms with E-state index in [1.54, 1.807) is 31.8 Å². The summed E-state index contributed by atoms with van der Waals surface area (Å²) in [6, 6.07) is 1.99. The fraction of sp³-hybridized carbons (Fsp3) is 0.462. The molecular formula is C13H18ClN3O2S. The summed E-state index contributed by atoms with van der Waals surface area (Å²) in [5.41, 5.74) is 0.940. The first-order valence-electron chi connectivity index (χ1n) is 6.21. The Kier molecular flexibility index (Phi) is 5.42. The molecule has 0 spiro atoms. The molecule has 110 valence electrons.